The Kier molecular flexibility index (Phi) is 5.90. The molecule has 2 aromatic rings. The van der Waals surface area contributed by atoms with Crippen molar-refractivity contribution in [3.63, 3.8) is 0 Å². The quantitative estimate of drug-likeness (QED) is 0.639. The molecule has 0 amide bonds. The Morgan fingerprint density at radius 3 is 2.63 bits per heavy atom. The van der Waals surface area contributed by atoms with E-state index in [9.17, 15) is 0 Å². The van der Waals surface area contributed by atoms with Gasteiger partial charge in [-0.3, -0.25) is 0 Å². The van der Waals surface area contributed by atoms with Crippen LogP contribution in [0.15, 0.2) is 38.6 Å². The molecule has 0 saturated carbocycles. The lowest BCUT2D eigenvalue weighted by Crippen LogP contribution is -2.22. The van der Waals surface area contributed by atoms with Crippen LogP contribution in [-0.2, 0) is 6.42 Å². The van der Waals surface area contributed by atoms with Crippen LogP contribution in [0.3, 0.4) is 0 Å². The van der Waals surface area contributed by atoms with Gasteiger partial charge < -0.3 is 5.32 Å². The molecule has 0 fully saturated rings. The molecule has 102 valence electrons. The highest BCUT2D eigenvalue weighted by molar-refractivity contribution is 9.13. The predicted octanol–water partition coefficient (Wildman–Crippen LogP) is 5.82. The summed E-state index contributed by atoms with van der Waals surface area (Å²) >= 11 is 15.1. The van der Waals surface area contributed by atoms with Crippen molar-refractivity contribution >= 4 is 54.8 Å². The first kappa shape index (κ1) is 15.5. The van der Waals surface area contributed by atoms with E-state index in [0.717, 1.165) is 26.2 Å². The SMILES string of the molecule is CCNC(Cc1ccccc1Cl)c1cc(Br)c(Br)s1. The molecule has 0 spiro atoms. The third kappa shape index (κ3) is 4.05. The summed E-state index contributed by atoms with van der Waals surface area (Å²) in [6.07, 6.45) is 0.896. The van der Waals surface area contributed by atoms with E-state index in [2.05, 4.69) is 56.2 Å². The maximum atomic E-state index is 6.25. The highest BCUT2D eigenvalue weighted by atomic mass is 79.9. The molecule has 0 aliphatic heterocycles. The lowest BCUT2D eigenvalue weighted by molar-refractivity contribution is 0.558. The molecule has 1 unspecified atom stereocenters. The predicted molar refractivity (Wildman–Crippen MR) is 91.3 cm³/mol. The molecule has 0 aliphatic carbocycles. The topological polar surface area (TPSA) is 12.0 Å². The minimum absolute atomic E-state index is 0.289. The molecule has 5 heteroatoms. The van der Waals surface area contributed by atoms with E-state index in [1.165, 1.54) is 10.4 Å². The first-order valence-corrected chi connectivity index (χ1v) is 8.81. The van der Waals surface area contributed by atoms with Crippen LogP contribution in [0, 0.1) is 0 Å². The fourth-order valence-corrected chi connectivity index (χ4v) is 4.32. The average Bonchev–Trinajstić information content (AvgIpc) is 2.72. The van der Waals surface area contributed by atoms with Gasteiger partial charge in [0.1, 0.15) is 0 Å². The molecular weight excluding hydrogens is 409 g/mol. The third-order valence-electron chi connectivity index (χ3n) is 2.84. The molecule has 0 saturated heterocycles. The number of rotatable bonds is 5. The fourth-order valence-electron chi connectivity index (χ4n) is 1.94. The van der Waals surface area contributed by atoms with Crippen LogP contribution in [0.4, 0.5) is 0 Å². The molecule has 1 nitrogen and oxygen atoms in total. The summed E-state index contributed by atoms with van der Waals surface area (Å²) < 4.78 is 2.24. The number of hydrogen-bond donors (Lipinski definition) is 1. The van der Waals surface area contributed by atoms with Gasteiger partial charge in [0.15, 0.2) is 0 Å². The summed E-state index contributed by atoms with van der Waals surface area (Å²) in [6, 6.07) is 10.5. The molecule has 1 atom stereocenters. The maximum absolute atomic E-state index is 6.25. The van der Waals surface area contributed by atoms with Crippen LogP contribution in [0.5, 0.6) is 0 Å². The van der Waals surface area contributed by atoms with Crippen molar-refractivity contribution in [3.8, 4) is 0 Å². The molecule has 0 aliphatic rings. The van der Waals surface area contributed by atoms with Crippen molar-refractivity contribution < 1.29 is 0 Å². The summed E-state index contributed by atoms with van der Waals surface area (Å²) in [5, 5.41) is 4.36. The van der Waals surface area contributed by atoms with Crippen molar-refractivity contribution in [2.45, 2.75) is 19.4 Å². The zero-order valence-electron chi connectivity index (χ0n) is 10.4. The Hall–Kier alpha value is 0.130. The monoisotopic (exact) mass is 421 g/mol. The van der Waals surface area contributed by atoms with Crippen molar-refractivity contribution in [1.82, 2.24) is 5.32 Å². The Labute approximate surface area is 139 Å². The molecule has 1 aromatic heterocycles. The van der Waals surface area contributed by atoms with Gasteiger partial charge >= 0.3 is 0 Å². The van der Waals surface area contributed by atoms with E-state index < -0.39 is 0 Å². The molecule has 0 radical (unpaired) electrons. The first-order valence-electron chi connectivity index (χ1n) is 6.03. The summed E-state index contributed by atoms with van der Waals surface area (Å²) in [5.74, 6) is 0. The second-order valence-electron chi connectivity index (χ2n) is 4.18. The minimum Gasteiger partial charge on any atom is -0.309 e. The van der Waals surface area contributed by atoms with E-state index in [4.69, 9.17) is 11.6 Å². The zero-order chi connectivity index (χ0) is 13.8. The Morgan fingerprint density at radius 2 is 2.05 bits per heavy atom. The van der Waals surface area contributed by atoms with Crippen molar-refractivity contribution in [2.75, 3.05) is 6.54 Å². The van der Waals surface area contributed by atoms with Crippen molar-refractivity contribution in [1.29, 1.82) is 0 Å². The van der Waals surface area contributed by atoms with Gasteiger partial charge in [0.25, 0.3) is 0 Å². The van der Waals surface area contributed by atoms with Gasteiger partial charge in [-0.05, 0) is 62.5 Å². The second kappa shape index (κ2) is 7.23. The highest BCUT2D eigenvalue weighted by Gasteiger charge is 2.16. The highest BCUT2D eigenvalue weighted by Crippen LogP contribution is 2.37. The molecule has 2 rings (SSSR count). The van der Waals surface area contributed by atoms with Crippen molar-refractivity contribution in [2.24, 2.45) is 0 Å². The summed E-state index contributed by atoms with van der Waals surface area (Å²) in [6.45, 7) is 3.06. The Bertz CT molecular complexity index is 537. The smallest absolute Gasteiger partial charge is 0.0843 e. The van der Waals surface area contributed by atoms with E-state index in [1.807, 2.05) is 18.2 Å². The summed E-state index contributed by atoms with van der Waals surface area (Å²) in [7, 11) is 0. The van der Waals surface area contributed by atoms with Gasteiger partial charge in [0, 0.05) is 20.4 Å². The minimum atomic E-state index is 0.289. The van der Waals surface area contributed by atoms with Crippen LogP contribution in [0.2, 0.25) is 5.02 Å². The molecule has 0 bridgehead atoms. The number of likely N-dealkylation sites (N-methyl/N-ethyl adjacent to an activating group) is 1. The molecule has 1 N–H and O–H groups in total. The maximum Gasteiger partial charge on any atom is 0.0843 e. The van der Waals surface area contributed by atoms with Crippen LogP contribution in [0.25, 0.3) is 0 Å². The van der Waals surface area contributed by atoms with Crippen LogP contribution >= 0.6 is 54.8 Å². The average molecular weight is 424 g/mol. The van der Waals surface area contributed by atoms with E-state index >= 15 is 0 Å². The van der Waals surface area contributed by atoms with Gasteiger partial charge in [-0.25, -0.2) is 0 Å². The number of hydrogen-bond acceptors (Lipinski definition) is 2. The van der Waals surface area contributed by atoms with Gasteiger partial charge in [-0.1, -0.05) is 36.7 Å². The first-order chi connectivity index (χ1) is 9.11. The van der Waals surface area contributed by atoms with E-state index in [0.29, 0.717) is 0 Å². The lowest BCUT2D eigenvalue weighted by atomic mass is 10.0. The normalized spacial score (nSPS) is 12.6. The Balaban J connectivity index is 2.23. The van der Waals surface area contributed by atoms with E-state index in [1.54, 1.807) is 11.3 Å². The zero-order valence-corrected chi connectivity index (χ0v) is 15.2. The van der Waals surface area contributed by atoms with Crippen LogP contribution in [0.1, 0.15) is 23.4 Å². The number of halogens is 3. The molecule has 19 heavy (non-hydrogen) atoms. The fraction of sp³-hybridized carbons (Fsp3) is 0.286. The van der Waals surface area contributed by atoms with Gasteiger partial charge in [0.2, 0.25) is 0 Å². The van der Waals surface area contributed by atoms with Gasteiger partial charge in [0.05, 0.1) is 3.79 Å². The summed E-state index contributed by atoms with van der Waals surface area (Å²) in [4.78, 5) is 1.31. The Morgan fingerprint density at radius 1 is 1.32 bits per heavy atom. The molecule has 1 aromatic carbocycles. The summed E-state index contributed by atoms with van der Waals surface area (Å²) in [5.41, 5.74) is 1.18. The largest absolute Gasteiger partial charge is 0.309 e. The number of thiophene rings is 1. The van der Waals surface area contributed by atoms with Gasteiger partial charge in [-0.15, -0.1) is 11.3 Å². The standard InChI is InChI=1S/C14H14Br2ClNS/c1-2-18-12(13-8-10(15)14(16)19-13)7-9-5-3-4-6-11(9)17/h3-6,8,12,18H,2,7H2,1H3. The van der Waals surface area contributed by atoms with Crippen LogP contribution in [-0.4, -0.2) is 6.54 Å². The van der Waals surface area contributed by atoms with Crippen molar-refractivity contribution in [3.05, 3.63) is 54.1 Å². The van der Waals surface area contributed by atoms with Crippen LogP contribution < -0.4 is 5.32 Å². The number of nitrogens with one attached hydrogen (secondary N) is 1. The van der Waals surface area contributed by atoms with Gasteiger partial charge in [-0.2, -0.15) is 0 Å². The number of benzene rings is 1. The van der Waals surface area contributed by atoms with E-state index in [-0.39, 0.29) is 6.04 Å². The molecular formula is C14H14Br2ClNS. The lowest BCUT2D eigenvalue weighted by Gasteiger charge is -2.17. The molecule has 1 heterocycles. The third-order valence-corrected chi connectivity index (χ3v) is 6.58. The second-order valence-corrected chi connectivity index (χ2v) is 7.84.